The molecular formula is C17H14N2O3. The maximum atomic E-state index is 12.1. The SMILES string of the molecule is O=C(Cn1ccc(=O)c2ccccc21)Nc1ccccc1O. The van der Waals surface area contributed by atoms with E-state index in [9.17, 15) is 14.7 Å². The largest absolute Gasteiger partial charge is 0.506 e. The van der Waals surface area contributed by atoms with Crippen molar-refractivity contribution >= 4 is 22.5 Å². The minimum Gasteiger partial charge on any atom is -0.506 e. The van der Waals surface area contributed by atoms with Crippen molar-refractivity contribution < 1.29 is 9.90 Å². The van der Waals surface area contributed by atoms with Gasteiger partial charge >= 0.3 is 0 Å². The highest BCUT2D eigenvalue weighted by Crippen LogP contribution is 2.21. The molecule has 1 amide bonds. The van der Waals surface area contributed by atoms with E-state index in [0.717, 1.165) is 0 Å². The van der Waals surface area contributed by atoms with Gasteiger partial charge in [-0.2, -0.15) is 0 Å². The zero-order valence-corrected chi connectivity index (χ0v) is 11.7. The van der Waals surface area contributed by atoms with Gasteiger partial charge in [0.2, 0.25) is 5.91 Å². The number of hydrogen-bond donors (Lipinski definition) is 2. The predicted octanol–water partition coefficient (Wildman–Crippen LogP) is 2.35. The first kappa shape index (κ1) is 13.9. The van der Waals surface area contributed by atoms with Crippen molar-refractivity contribution in [2.75, 3.05) is 5.32 Å². The molecular weight excluding hydrogens is 280 g/mol. The molecule has 22 heavy (non-hydrogen) atoms. The van der Waals surface area contributed by atoms with Crippen molar-refractivity contribution in [1.29, 1.82) is 0 Å². The number of amides is 1. The van der Waals surface area contributed by atoms with Crippen molar-refractivity contribution in [1.82, 2.24) is 4.57 Å². The summed E-state index contributed by atoms with van der Waals surface area (Å²) in [4.78, 5) is 23.9. The van der Waals surface area contributed by atoms with Crippen LogP contribution in [-0.4, -0.2) is 15.6 Å². The number of carbonyl (C=O) groups excluding carboxylic acids is 1. The molecule has 0 fully saturated rings. The van der Waals surface area contributed by atoms with E-state index in [1.807, 2.05) is 6.07 Å². The van der Waals surface area contributed by atoms with Gasteiger partial charge in [-0.25, -0.2) is 0 Å². The van der Waals surface area contributed by atoms with E-state index in [0.29, 0.717) is 16.6 Å². The highest BCUT2D eigenvalue weighted by molar-refractivity contribution is 5.93. The summed E-state index contributed by atoms with van der Waals surface area (Å²) in [5.74, 6) is -0.268. The zero-order chi connectivity index (χ0) is 15.5. The van der Waals surface area contributed by atoms with Crippen LogP contribution in [0.5, 0.6) is 5.75 Å². The fourth-order valence-corrected chi connectivity index (χ4v) is 2.32. The summed E-state index contributed by atoms with van der Waals surface area (Å²) >= 11 is 0. The highest BCUT2D eigenvalue weighted by Gasteiger charge is 2.08. The van der Waals surface area contributed by atoms with Gasteiger partial charge in [0.05, 0.1) is 11.2 Å². The molecule has 1 heterocycles. The van der Waals surface area contributed by atoms with E-state index in [4.69, 9.17) is 0 Å². The van der Waals surface area contributed by atoms with Crippen molar-refractivity contribution in [3.63, 3.8) is 0 Å². The van der Waals surface area contributed by atoms with Gasteiger partial charge in [0.15, 0.2) is 5.43 Å². The van der Waals surface area contributed by atoms with E-state index in [1.54, 1.807) is 47.2 Å². The minimum absolute atomic E-state index is 0.0145. The highest BCUT2D eigenvalue weighted by atomic mass is 16.3. The summed E-state index contributed by atoms with van der Waals surface area (Å²) in [5, 5.41) is 12.9. The third-order valence-corrected chi connectivity index (χ3v) is 3.38. The maximum absolute atomic E-state index is 12.1. The predicted molar refractivity (Wildman–Crippen MR) is 84.9 cm³/mol. The molecule has 3 rings (SSSR count). The monoisotopic (exact) mass is 294 g/mol. The minimum atomic E-state index is -0.282. The first-order chi connectivity index (χ1) is 10.6. The first-order valence-electron chi connectivity index (χ1n) is 6.81. The van der Waals surface area contributed by atoms with Gasteiger partial charge < -0.3 is 15.0 Å². The van der Waals surface area contributed by atoms with Crippen LogP contribution in [0.1, 0.15) is 0 Å². The van der Waals surface area contributed by atoms with Gasteiger partial charge in [-0.05, 0) is 24.3 Å². The lowest BCUT2D eigenvalue weighted by molar-refractivity contribution is -0.116. The number of carbonyl (C=O) groups is 1. The van der Waals surface area contributed by atoms with Gasteiger partial charge in [-0.1, -0.05) is 24.3 Å². The fraction of sp³-hybridized carbons (Fsp3) is 0.0588. The van der Waals surface area contributed by atoms with Crippen LogP contribution in [0.25, 0.3) is 10.9 Å². The molecule has 2 aromatic carbocycles. The lowest BCUT2D eigenvalue weighted by Crippen LogP contribution is -2.20. The molecule has 0 saturated carbocycles. The number of para-hydroxylation sites is 3. The van der Waals surface area contributed by atoms with E-state index in [2.05, 4.69) is 5.32 Å². The molecule has 0 bridgehead atoms. The molecule has 0 atom stereocenters. The number of aromatic nitrogens is 1. The molecule has 2 N–H and O–H groups in total. The Morgan fingerprint density at radius 1 is 1.05 bits per heavy atom. The fourth-order valence-electron chi connectivity index (χ4n) is 2.32. The lowest BCUT2D eigenvalue weighted by atomic mass is 10.2. The average molecular weight is 294 g/mol. The van der Waals surface area contributed by atoms with Crippen LogP contribution in [0, 0.1) is 0 Å². The van der Waals surface area contributed by atoms with Crippen molar-refractivity contribution in [3.8, 4) is 5.75 Å². The van der Waals surface area contributed by atoms with Crippen LogP contribution in [0.2, 0.25) is 0 Å². The number of anilines is 1. The Bertz CT molecular complexity index is 900. The third-order valence-electron chi connectivity index (χ3n) is 3.38. The summed E-state index contributed by atoms with van der Waals surface area (Å²) in [7, 11) is 0. The number of pyridine rings is 1. The molecule has 0 saturated heterocycles. The topological polar surface area (TPSA) is 71.3 Å². The van der Waals surface area contributed by atoms with Gasteiger partial charge in [-0.3, -0.25) is 9.59 Å². The normalized spacial score (nSPS) is 10.5. The summed E-state index contributed by atoms with van der Waals surface area (Å²) in [5.41, 5.74) is 0.980. The van der Waals surface area contributed by atoms with Gasteiger partial charge in [0.25, 0.3) is 0 Å². The summed E-state index contributed by atoms with van der Waals surface area (Å²) in [6, 6.07) is 15.1. The Hall–Kier alpha value is -3.08. The lowest BCUT2D eigenvalue weighted by Gasteiger charge is -2.11. The van der Waals surface area contributed by atoms with E-state index in [-0.39, 0.29) is 23.6 Å². The zero-order valence-electron chi connectivity index (χ0n) is 11.7. The Kier molecular flexibility index (Phi) is 3.62. The molecule has 110 valence electrons. The molecule has 5 heteroatoms. The van der Waals surface area contributed by atoms with Crippen LogP contribution < -0.4 is 10.7 Å². The van der Waals surface area contributed by atoms with Gasteiger partial charge in [-0.15, -0.1) is 0 Å². The second kappa shape index (κ2) is 5.73. The number of phenols is 1. The number of benzene rings is 2. The van der Waals surface area contributed by atoms with Crippen LogP contribution in [-0.2, 0) is 11.3 Å². The maximum Gasteiger partial charge on any atom is 0.244 e. The molecule has 5 nitrogen and oxygen atoms in total. The molecule has 0 unspecified atom stereocenters. The molecule has 0 aliphatic heterocycles. The number of nitrogens with zero attached hydrogens (tertiary/aromatic N) is 1. The summed E-state index contributed by atoms with van der Waals surface area (Å²) < 4.78 is 1.70. The standard InChI is InChI=1S/C17H14N2O3/c20-15-9-10-19(14-7-3-1-5-12(14)15)11-17(22)18-13-6-2-4-8-16(13)21/h1-10,21H,11H2,(H,18,22). The third kappa shape index (κ3) is 2.69. The number of hydrogen-bond acceptors (Lipinski definition) is 3. The van der Waals surface area contributed by atoms with Crippen molar-refractivity contribution in [3.05, 3.63) is 71.0 Å². The van der Waals surface area contributed by atoms with Crippen LogP contribution in [0.3, 0.4) is 0 Å². The molecule has 0 aliphatic rings. The van der Waals surface area contributed by atoms with Crippen molar-refractivity contribution in [2.45, 2.75) is 6.54 Å². The van der Waals surface area contributed by atoms with Crippen LogP contribution in [0.15, 0.2) is 65.6 Å². The summed E-state index contributed by atoms with van der Waals surface area (Å²) in [6.07, 6.45) is 1.59. The van der Waals surface area contributed by atoms with E-state index >= 15 is 0 Å². The number of aromatic hydroxyl groups is 1. The van der Waals surface area contributed by atoms with Gasteiger partial charge in [0, 0.05) is 17.6 Å². The number of rotatable bonds is 3. The average Bonchev–Trinajstić information content (AvgIpc) is 2.53. The van der Waals surface area contributed by atoms with Crippen LogP contribution in [0.4, 0.5) is 5.69 Å². The number of phenolic OH excluding ortho intramolecular Hbond substituents is 1. The van der Waals surface area contributed by atoms with E-state index in [1.165, 1.54) is 12.1 Å². The first-order valence-corrected chi connectivity index (χ1v) is 6.81. The molecule has 1 aromatic heterocycles. The quantitative estimate of drug-likeness (QED) is 0.728. The number of fused-ring (bicyclic) bond motifs is 1. The second-order valence-corrected chi connectivity index (χ2v) is 4.89. The molecule has 0 spiro atoms. The summed E-state index contributed by atoms with van der Waals surface area (Å²) in [6.45, 7) is 0.0507. The van der Waals surface area contributed by atoms with Crippen LogP contribution >= 0.6 is 0 Å². The smallest absolute Gasteiger partial charge is 0.244 e. The second-order valence-electron chi connectivity index (χ2n) is 4.89. The van der Waals surface area contributed by atoms with E-state index < -0.39 is 0 Å². The number of nitrogens with one attached hydrogen (secondary N) is 1. The molecule has 0 radical (unpaired) electrons. The molecule has 0 aliphatic carbocycles. The Balaban J connectivity index is 1.88. The Morgan fingerprint density at radius 3 is 2.59 bits per heavy atom. The van der Waals surface area contributed by atoms with Crippen molar-refractivity contribution in [2.24, 2.45) is 0 Å². The Labute approximate surface area is 126 Å². The molecule has 3 aromatic rings. The Morgan fingerprint density at radius 2 is 1.77 bits per heavy atom. The van der Waals surface area contributed by atoms with Gasteiger partial charge in [0.1, 0.15) is 12.3 Å².